The normalized spacial score (nSPS) is 21.4. The van der Waals surface area contributed by atoms with Crippen LogP contribution >= 0.6 is 0 Å². The van der Waals surface area contributed by atoms with Crippen molar-refractivity contribution in [1.82, 2.24) is 0 Å². The molecule has 0 heterocycles. The van der Waals surface area contributed by atoms with Gasteiger partial charge < -0.3 is 0 Å². The van der Waals surface area contributed by atoms with Gasteiger partial charge in [0.2, 0.25) is 0 Å². The van der Waals surface area contributed by atoms with Crippen molar-refractivity contribution in [3.05, 3.63) is 82.9 Å². The molecule has 0 N–H and O–H groups in total. The molecule has 0 nitrogen and oxygen atoms in total. The van der Waals surface area contributed by atoms with Gasteiger partial charge in [-0.1, -0.05) is 60.7 Å². The number of aryl methyl sites for hydroxylation is 2. The molecule has 4 rings (SSSR count). The average molecular weight is 274 g/mol. The predicted molar refractivity (Wildman–Crippen MR) is 88.6 cm³/mol. The second kappa shape index (κ2) is 5.52. The van der Waals surface area contributed by atoms with Crippen LogP contribution in [0.5, 0.6) is 0 Å². The molecule has 0 heteroatoms. The van der Waals surface area contributed by atoms with E-state index in [0.29, 0.717) is 11.8 Å². The van der Waals surface area contributed by atoms with Crippen LogP contribution < -0.4 is 0 Å². The van der Waals surface area contributed by atoms with Gasteiger partial charge in [-0.3, -0.25) is 0 Å². The molecular formula is C21H22. The van der Waals surface area contributed by atoms with Crippen molar-refractivity contribution < 1.29 is 0 Å². The van der Waals surface area contributed by atoms with Crippen LogP contribution in [0.4, 0.5) is 0 Å². The molecule has 1 atom stereocenters. The lowest BCUT2D eigenvalue weighted by Gasteiger charge is -2.29. The zero-order valence-electron chi connectivity index (χ0n) is 12.5. The Kier molecular flexibility index (Phi) is 3.39. The fourth-order valence-electron chi connectivity index (χ4n) is 4.15. The molecule has 21 heavy (non-hydrogen) atoms. The van der Waals surface area contributed by atoms with Gasteiger partial charge in [-0.15, -0.1) is 0 Å². The standard InChI is InChI=1S/C21H22/c1-2-10-18(11-3-1)21-19-12-6-4-8-16(19)14-15-17-9-5-7-13-20(17)21/h2,4-10,12-13,18,21H,1,3,11,14-15H2. The monoisotopic (exact) mass is 274 g/mol. The predicted octanol–water partition coefficient (Wildman–Crippen LogP) is 5.27. The van der Waals surface area contributed by atoms with E-state index in [-0.39, 0.29) is 0 Å². The third-order valence-corrected chi connectivity index (χ3v) is 5.16. The maximum Gasteiger partial charge on any atom is 0.0158 e. The van der Waals surface area contributed by atoms with E-state index in [1.165, 1.54) is 32.1 Å². The zero-order chi connectivity index (χ0) is 14.1. The molecule has 0 spiro atoms. The Labute approximate surface area is 127 Å². The summed E-state index contributed by atoms with van der Waals surface area (Å²) in [6.07, 6.45) is 11.1. The lowest BCUT2D eigenvalue weighted by atomic mass is 9.75. The second-order valence-electron chi connectivity index (χ2n) is 6.40. The summed E-state index contributed by atoms with van der Waals surface area (Å²) in [5.74, 6) is 1.22. The van der Waals surface area contributed by atoms with Crippen LogP contribution in [0.2, 0.25) is 0 Å². The van der Waals surface area contributed by atoms with E-state index in [9.17, 15) is 0 Å². The molecule has 0 amide bonds. The van der Waals surface area contributed by atoms with Crippen molar-refractivity contribution in [2.75, 3.05) is 0 Å². The van der Waals surface area contributed by atoms with Crippen LogP contribution in [0.1, 0.15) is 47.4 Å². The van der Waals surface area contributed by atoms with E-state index in [0.717, 1.165) is 0 Å². The Morgan fingerprint density at radius 2 is 1.38 bits per heavy atom. The van der Waals surface area contributed by atoms with Crippen LogP contribution in [0, 0.1) is 5.92 Å². The van der Waals surface area contributed by atoms with Crippen LogP contribution in [0.25, 0.3) is 0 Å². The molecule has 106 valence electrons. The van der Waals surface area contributed by atoms with Crippen LogP contribution in [-0.2, 0) is 12.8 Å². The largest absolute Gasteiger partial charge is 0.0882 e. The van der Waals surface area contributed by atoms with Crippen molar-refractivity contribution >= 4 is 0 Å². The number of allylic oxidation sites excluding steroid dienone is 2. The first-order chi connectivity index (χ1) is 10.4. The molecule has 0 aliphatic heterocycles. The van der Waals surface area contributed by atoms with Crippen LogP contribution in [-0.4, -0.2) is 0 Å². The van der Waals surface area contributed by atoms with Gasteiger partial charge in [0.05, 0.1) is 0 Å². The Hall–Kier alpha value is -1.82. The third-order valence-electron chi connectivity index (χ3n) is 5.16. The topological polar surface area (TPSA) is 0 Å². The molecule has 0 aromatic heterocycles. The lowest BCUT2D eigenvalue weighted by molar-refractivity contribution is 0.488. The first kappa shape index (κ1) is 12.9. The summed E-state index contributed by atoms with van der Waals surface area (Å²) in [4.78, 5) is 0. The van der Waals surface area contributed by atoms with Crippen LogP contribution in [0.15, 0.2) is 60.7 Å². The van der Waals surface area contributed by atoms with E-state index >= 15 is 0 Å². The molecule has 0 radical (unpaired) electrons. The molecule has 2 aliphatic rings. The van der Waals surface area contributed by atoms with E-state index in [1.54, 1.807) is 22.3 Å². The lowest BCUT2D eigenvalue weighted by Crippen LogP contribution is -2.16. The molecular weight excluding hydrogens is 252 g/mol. The summed E-state index contributed by atoms with van der Waals surface area (Å²) in [5, 5.41) is 0. The summed E-state index contributed by atoms with van der Waals surface area (Å²) in [6.45, 7) is 0. The van der Waals surface area contributed by atoms with Crippen molar-refractivity contribution in [1.29, 1.82) is 0 Å². The van der Waals surface area contributed by atoms with E-state index in [4.69, 9.17) is 0 Å². The fourth-order valence-corrected chi connectivity index (χ4v) is 4.15. The smallest absolute Gasteiger partial charge is 0.0158 e. The van der Waals surface area contributed by atoms with Gasteiger partial charge in [0, 0.05) is 5.92 Å². The van der Waals surface area contributed by atoms with Gasteiger partial charge in [-0.05, 0) is 60.3 Å². The summed E-state index contributed by atoms with van der Waals surface area (Å²) in [6, 6.07) is 18.2. The highest BCUT2D eigenvalue weighted by Gasteiger charge is 2.29. The number of hydrogen-bond donors (Lipinski definition) is 0. The average Bonchev–Trinajstić information content (AvgIpc) is 2.72. The molecule has 2 aliphatic carbocycles. The van der Waals surface area contributed by atoms with Gasteiger partial charge in [0.25, 0.3) is 0 Å². The first-order valence-corrected chi connectivity index (χ1v) is 8.26. The molecule has 1 unspecified atom stereocenters. The van der Waals surface area contributed by atoms with Gasteiger partial charge >= 0.3 is 0 Å². The van der Waals surface area contributed by atoms with Crippen molar-refractivity contribution in [2.45, 2.75) is 38.0 Å². The zero-order valence-corrected chi connectivity index (χ0v) is 12.5. The van der Waals surface area contributed by atoms with Gasteiger partial charge in [-0.2, -0.15) is 0 Å². The minimum absolute atomic E-state index is 0.552. The Morgan fingerprint density at radius 1 is 0.762 bits per heavy atom. The Balaban J connectivity index is 1.89. The SMILES string of the molecule is C1=CC(C2c3ccccc3CCc3ccccc32)CCC1. The van der Waals surface area contributed by atoms with Crippen molar-refractivity contribution in [3.63, 3.8) is 0 Å². The Morgan fingerprint density at radius 3 is 1.95 bits per heavy atom. The summed E-state index contributed by atoms with van der Waals surface area (Å²) in [5.41, 5.74) is 6.24. The highest BCUT2D eigenvalue weighted by molar-refractivity contribution is 5.46. The van der Waals surface area contributed by atoms with Gasteiger partial charge in [0.15, 0.2) is 0 Å². The second-order valence-corrected chi connectivity index (χ2v) is 6.40. The highest BCUT2D eigenvalue weighted by atomic mass is 14.3. The molecule has 2 aromatic carbocycles. The van der Waals surface area contributed by atoms with Crippen molar-refractivity contribution in [2.24, 2.45) is 5.92 Å². The minimum Gasteiger partial charge on any atom is -0.0882 e. The van der Waals surface area contributed by atoms with E-state index < -0.39 is 0 Å². The maximum absolute atomic E-state index is 2.48. The fraction of sp³-hybridized carbons (Fsp3) is 0.333. The van der Waals surface area contributed by atoms with Gasteiger partial charge in [-0.25, -0.2) is 0 Å². The molecule has 0 saturated carbocycles. The first-order valence-electron chi connectivity index (χ1n) is 8.26. The van der Waals surface area contributed by atoms with Crippen LogP contribution in [0.3, 0.4) is 0 Å². The molecule has 0 fully saturated rings. The summed E-state index contributed by atoms with van der Waals surface area (Å²) in [7, 11) is 0. The minimum atomic E-state index is 0.552. The third kappa shape index (κ3) is 2.33. The van der Waals surface area contributed by atoms with E-state index in [2.05, 4.69) is 60.7 Å². The number of rotatable bonds is 1. The number of benzene rings is 2. The van der Waals surface area contributed by atoms with Crippen molar-refractivity contribution in [3.8, 4) is 0 Å². The molecule has 0 bridgehead atoms. The maximum atomic E-state index is 2.48. The molecule has 2 aromatic rings. The number of fused-ring (bicyclic) bond motifs is 2. The summed E-state index contributed by atoms with van der Waals surface area (Å²) >= 11 is 0. The quantitative estimate of drug-likeness (QED) is 0.621. The number of hydrogen-bond acceptors (Lipinski definition) is 0. The van der Waals surface area contributed by atoms with Gasteiger partial charge in [0.1, 0.15) is 0 Å². The summed E-state index contributed by atoms with van der Waals surface area (Å²) < 4.78 is 0. The van der Waals surface area contributed by atoms with E-state index in [1.807, 2.05) is 0 Å². The Bertz CT molecular complexity index is 618. The molecule has 0 saturated heterocycles. The highest BCUT2D eigenvalue weighted by Crippen LogP contribution is 2.42.